The van der Waals surface area contributed by atoms with Gasteiger partial charge in [0.1, 0.15) is 5.82 Å². The number of thiazole rings is 1. The molecule has 0 spiro atoms. The molecule has 3 heterocycles. The van der Waals surface area contributed by atoms with E-state index >= 15 is 0 Å². The van der Waals surface area contributed by atoms with Gasteiger partial charge in [-0.3, -0.25) is 0 Å². The molecule has 0 saturated carbocycles. The molecule has 0 radical (unpaired) electrons. The predicted molar refractivity (Wildman–Crippen MR) is 124 cm³/mol. The number of piperidine rings is 1. The van der Waals surface area contributed by atoms with E-state index in [1.54, 1.807) is 11.3 Å². The normalized spacial score (nSPS) is 15.4. The van der Waals surface area contributed by atoms with Crippen molar-refractivity contribution in [1.82, 2.24) is 20.6 Å². The maximum atomic E-state index is 4.77. The van der Waals surface area contributed by atoms with Crippen LogP contribution in [0.5, 0.6) is 0 Å². The predicted octanol–water partition coefficient (Wildman–Crippen LogP) is 3.50. The summed E-state index contributed by atoms with van der Waals surface area (Å²) in [5.41, 5.74) is 1.09. The Morgan fingerprint density at radius 2 is 2.07 bits per heavy atom. The van der Waals surface area contributed by atoms with Crippen LogP contribution < -0.4 is 15.5 Å². The van der Waals surface area contributed by atoms with Crippen molar-refractivity contribution in [2.24, 2.45) is 4.99 Å². The molecule has 0 amide bonds. The Kier molecular flexibility index (Phi) is 8.75. The number of halogens is 1. The van der Waals surface area contributed by atoms with Crippen LogP contribution in [0.3, 0.4) is 0 Å². The van der Waals surface area contributed by atoms with Crippen LogP contribution in [0.2, 0.25) is 0 Å². The molecule has 0 bridgehead atoms. The number of pyridine rings is 1. The maximum Gasteiger partial charge on any atom is 0.191 e. The summed E-state index contributed by atoms with van der Waals surface area (Å²) in [6.07, 6.45) is 4.03. The summed E-state index contributed by atoms with van der Waals surface area (Å²) in [6.45, 7) is 9.77. The first kappa shape index (κ1) is 21.9. The number of aromatic nitrogens is 2. The minimum absolute atomic E-state index is 0. The van der Waals surface area contributed by atoms with Crippen LogP contribution in [0.25, 0.3) is 0 Å². The Bertz CT molecular complexity index is 725. The second kappa shape index (κ2) is 10.8. The average molecular weight is 500 g/mol. The van der Waals surface area contributed by atoms with Crippen molar-refractivity contribution in [3.05, 3.63) is 40.0 Å². The lowest BCUT2D eigenvalue weighted by molar-refractivity contribution is 0.459. The van der Waals surface area contributed by atoms with E-state index in [1.165, 1.54) is 4.88 Å². The number of aryl methyl sites for hydroxylation is 2. The fourth-order valence-electron chi connectivity index (χ4n) is 3.18. The van der Waals surface area contributed by atoms with Gasteiger partial charge < -0.3 is 15.5 Å². The molecule has 148 valence electrons. The number of hydrogen-bond donors (Lipinski definition) is 2. The first-order chi connectivity index (χ1) is 12.7. The lowest BCUT2D eigenvalue weighted by atomic mass is 10.1. The number of nitrogens with zero attached hydrogens (tertiary/aromatic N) is 4. The molecule has 1 fully saturated rings. The topological polar surface area (TPSA) is 65.4 Å². The summed E-state index contributed by atoms with van der Waals surface area (Å²) < 4.78 is 0. The summed E-state index contributed by atoms with van der Waals surface area (Å²) in [4.78, 5) is 17.3. The van der Waals surface area contributed by atoms with Gasteiger partial charge in [-0.1, -0.05) is 6.07 Å². The molecule has 0 unspecified atom stereocenters. The lowest BCUT2D eigenvalue weighted by Gasteiger charge is -2.33. The van der Waals surface area contributed by atoms with E-state index in [1.807, 2.05) is 25.3 Å². The van der Waals surface area contributed by atoms with Gasteiger partial charge in [0.2, 0.25) is 0 Å². The van der Waals surface area contributed by atoms with Crippen molar-refractivity contribution < 1.29 is 0 Å². The Hall–Kier alpha value is -1.42. The van der Waals surface area contributed by atoms with Crippen LogP contribution in [0.15, 0.2) is 29.4 Å². The SMILES string of the molecule is CCNC(=NCc1sc(C)nc1C)NC1CCN(c2ccccn2)CC1.I. The van der Waals surface area contributed by atoms with Crippen molar-refractivity contribution in [2.45, 2.75) is 46.2 Å². The molecule has 2 aromatic heterocycles. The third-order valence-corrected chi connectivity index (χ3v) is 5.59. The van der Waals surface area contributed by atoms with Crippen molar-refractivity contribution in [1.29, 1.82) is 0 Å². The summed E-state index contributed by atoms with van der Waals surface area (Å²) in [5.74, 6) is 1.97. The standard InChI is InChI=1S/C19H28N6S.HI/c1-4-20-19(22-13-17-14(2)23-15(3)26-17)24-16-8-11-25(12-9-16)18-7-5-6-10-21-18;/h5-7,10,16H,4,8-9,11-13H2,1-3H3,(H2,20,22,24);1H. The zero-order chi connectivity index (χ0) is 18.4. The van der Waals surface area contributed by atoms with E-state index in [0.29, 0.717) is 12.6 Å². The Morgan fingerprint density at radius 1 is 1.30 bits per heavy atom. The van der Waals surface area contributed by atoms with E-state index in [-0.39, 0.29) is 24.0 Å². The Balaban J connectivity index is 0.00000261. The molecule has 1 aliphatic heterocycles. The van der Waals surface area contributed by atoms with Gasteiger partial charge in [0.25, 0.3) is 0 Å². The molecule has 2 aromatic rings. The molecular formula is C19H29IN6S. The maximum absolute atomic E-state index is 4.77. The molecule has 8 heteroatoms. The number of hydrogen-bond acceptors (Lipinski definition) is 5. The lowest BCUT2D eigenvalue weighted by Crippen LogP contribution is -2.48. The van der Waals surface area contributed by atoms with Crippen LogP contribution in [-0.2, 0) is 6.54 Å². The first-order valence-corrected chi connectivity index (χ1v) is 10.1. The highest BCUT2D eigenvalue weighted by Gasteiger charge is 2.20. The number of aliphatic imine (C=N–C) groups is 1. The van der Waals surface area contributed by atoms with Gasteiger partial charge in [-0.15, -0.1) is 35.3 Å². The van der Waals surface area contributed by atoms with Crippen LogP contribution in [0.1, 0.15) is 35.3 Å². The number of nitrogens with one attached hydrogen (secondary N) is 2. The second-order valence-electron chi connectivity index (χ2n) is 6.53. The molecule has 2 N–H and O–H groups in total. The third-order valence-electron chi connectivity index (χ3n) is 4.53. The summed E-state index contributed by atoms with van der Waals surface area (Å²) in [6, 6.07) is 6.53. The fraction of sp³-hybridized carbons (Fsp3) is 0.526. The van der Waals surface area contributed by atoms with Gasteiger partial charge in [-0.25, -0.2) is 15.0 Å². The quantitative estimate of drug-likeness (QED) is 0.374. The summed E-state index contributed by atoms with van der Waals surface area (Å²) >= 11 is 1.73. The van der Waals surface area contributed by atoms with E-state index in [9.17, 15) is 0 Å². The molecule has 0 atom stereocenters. The molecule has 0 aliphatic carbocycles. The van der Waals surface area contributed by atoms with E-state index in [4.69, 9.17) is 4.99 Å². The van der Waals surface area contributed by atoms with Gasteiger partial charge in [-0.2, -0.15) is 0 Å². The molecular weight excluding hydrogens is 471 g/mol. The zero-order valence-electron chi connectivity index (χ0n) is 16.2. The monoisotopic (exact) mass is 500 g/mol. The number of rotatable bonds is 5. The van der Waals surface area contributed by atoms with Crippen molar-refractivity contribution in [2.75, 3.05) is 24.5 Å². The van der Waals surface area contributed by atoms with Crippen molar-refractivity contribution in [3.63, 3.8) is 0 Å². The highest BCUT2D eigenvalue weighted by atomic mass is 127. The van der Waals surface area contributed by atoms with Crippen LogP contribution >= 0.6 is 35.3 Å². The highest BCUT2D eigenvalue weighted by Crippen LogP contribution is 2.19. The van der Waals surface area contributed by atoms with Crippen LogP contribution in [0.4, 0.5) is 5.82 Å². The Morgan fingerprint density at radius 3 is 2.67 bits per heavy atom. The minimum atomic E-state index is 0. The second-order valence-corrected chi connectivity index (χ2v) is 7.82. The largest absolute Gasteiger partial charge is 0.357 e. The number of guanidine groups is 1. The van der Waals surface area contributed by atoms with Gasteiger partial charge in [0, 0.05) is 36.8 Å². The highest BCUT2D eigenvalue weighted by molar-refractivity contribution is 14.0. The molecule has 1 aliphatic rings. The average Bonchev–Trinajstić information content (AvgIpc) is 2.98. The van der Waals surface area contributed by atoms with Gasteiger partial charge in [-0.05, 0) is 45.7 Å². The van der Waals surface area contributed by atoms with Crippen LogP contribution in [0, 0.1) is 13.8 Å². The Labute approximate surface area is 182 Å². The molecule has 3 rings (SSSR count). The van der Waals surface area contributed by atoms with Gasteiger partial charge >= 0.3 is 0 Å². The summed E-state index contributed by atoms with van der Waals surface area (Å²) in [5, 5.41) is 8.07. The fourth-order valence-corrected chi connectivity index (χ4v) is 4.04. The van der Waals surface area contributed by atoms with E-state index < -0.39 is 0 Å². The molecule has 6 nitrogen and oxygen atoms in total. The van der Waals surface area contributed by atoms with Crippen molar-refractivity contribution >= 4 is 47.1 Å². The molecule has 27 heavy (non-hydrogen) atoms. The van der Waals surface area contributed by atoms with E-state index in [0.717, 1.165) is 55.0 Å². The van der Waals surface area contributed by atoms with Gasteiger partial charge in [0.05, 0.1) is 17.2 Å². The van der Waals surface area contributed by atoms with Crippen molar-refractivity contribution in [3.8, 4) is 0 Å². The van der Waals surface area contributed by atoms with Crippen LogP contribution in [-0.4, -0.2) is 41.6 Å². The minimum Gasteiger partial charge on any atom is -0.357 e. The first-order valence-electron chi connectivity index (χ1n) is 9.29. The summed E-state index contributed by atoms with van der Waals surface area (Å²) in [7, 11) is 0. The molecule has 1 saturated heterocycles. The molecule has 0 aromatic carbocycles. The van der Waals surface area contributed by atoms with E-state index in [2.05, 4.69) is 45.4 Å². The number of anilines is 1. The third kappa shape index (κ3) is 6.31. The van der Waals surface area contributed by atoms with Gasteiger partial charge in [0.15, 0.2) is 5.96 Å². The smallest absolute Gasteiger partial charge is 0.191 e. The zero-order valence-corrected chi connectivity index (χ0v) is 19.4.